The molecule has 86 valence electrons. The Morgan fingerprint density at radius 3 is 2.75 bits per heavy atom. The molecule has 0 aromatic heterocycles. The van der Waals surface area contributed by atoms with Crippen molar-refractivity contribution in [3.8, 4) is 0 Å². The third-order valence-electron chi connectivity index (χ3n) is 2.74. The molecule has 1 aliphatic rings. The van der Waals surface area contributed by atoms with Crippen LogP contribution in [0.4, 0.5) is 5.69 Å². The lowest BCUT2D eigenvalue weighted by atomic mass is 10.2. The van der Waals surface area contributed by atoms with Gasteiger partial charge in [-0.1, -0.05) is 0 Å². The molecule has 1 fully saturated rings. The van der Waals surface area contributed by atoms with E-state index in [-0.39, 0.29) is 5.97 Å². The fraction of sp³-hybridized carbons (Fsp3) is 0.417. The number of hydrogen-bond acceptors (Lipinski definition) is 4. The second-order valence-electron chi connectivity index (χ2n) is 3.90. The molecule has 2 N–H and O–H groups in total. The van der Waals surface area contributed by atoms with E-state index in [0.29, 0.717) is 11.6 Å². The number of carbonyl (C=O) groups is 1. The Balaban J connectivity index is 1.98. The van der Waals surface area contributed by atoms with E-state index < -0.39 is 0 Å². The summed E-state index contributed by atoms with van der Waals surface area (Å²) in [6.07, 6.45) is 1.14. The second-order valence-corrected chi connectivity index (χ2v) is 3.90. The van der Waals surface area contributed by atoms with Crippen molar-refractivity contribution in [2.75, 3.05) is 25.5 Å². The Bertz CT molecular complexity index is 356. The Morgan fingerprint density at radius 2 is 2.19 bits per heavy atom. The number of methoxy groups -OCH3 is 1. The highest BCUT2D eigenvalue weighted by molar-refractivity contribution is 5.89. The maximum absolute atomic E-state index is 11.2. The molecule has 0 saturated carbocycles. The summed E-state index contributed by atoms with van der Waals surface area (Å²) in [5, 5.41) is 6.71. The van der Waals surface area contributed by atoms with Crippen LogP contribution in [0.5, 0.6) is 0 Å². The Labute approximate surface area is 95.0 Å². The molecule has 0 amide bonds. The number of anilines is 1. The summed E-state index contributed by atoms with van der Waals surface area (Å²) in [6, 6.07) is 7.85. The van der Waals surface area contributed by atoms with Gasteiger partial charge >= 0.3 is 5.97 Å². The van der Waals surface area contributed by atoms with Crippen LogP contribution in [0.2, 0.25) is 0 Å². The minimum absolute atomic E-state index is 0.297. The molecule has 4 heteroatoms. The van der Waals surface area contributed by atoms with Crippen molar-refractivity contribution in [3.63, 3.8) is 0 Å². The summed E-state index contributed by atoms with van der Waals surface area (Å²) in [5.74, 6) is -0.297. The first-order valence-corrected chi connectivity index (χ1v) is 5.45. The average molecular weight is 220 g/mol. The Morgan fingerprint density at radius 1 is 1.44 bits per heavy atom. The number of rotatable bonds is 3. The predicted molar refractivity (Wildman–Crippen MR) is 62.7 cm³/mol. The standard InChI is InChI=1S/C12H16N2O2/c1-16-12(15)9-2-4-10(5-3-9)14-11-6-7-13-8-11/h2-5,11,13-14H,6-8H2,1H3. The van der Waals surface area contributed by atoms with Crippen LogP contribution in [-0.2, 0) is 4.74 Å². The van der Waals surface area contributed by atoms with E-state index in [1.807, 2.05) is 12.1 Å². The third-order valence-corrected chi connectivity index (χ3v) is 2.74. The van der Waals surface area contributed by atoms with Gasteiger partial charge < -0.3 is 15.4 Å². The monoisotopic (exact) mass is 220 g/mol. The van der Waals surface area contributed by atoms with Crippen molar-refractivity contribution in [1.29, 1.82) is 0 Å². The summed E-state index contributed by atoms with van der Waals surface area (Å²) >= 11 is 0. The zero-order valence-electron chi connectivity index (χ0n) is 9.32. The van der Waals surface area contributed by atoms with Gasteiger partial charge in [-0.05, 0) is 37.2 Å². The van der Waals surface area contributed by atoms with Gasteiger partial charge in [0.1, 0.15) is 0 Å². The Hall–Kier alpha value is -1.55. The zero-order valence-corrected chi connectivity index (χ0v) is 9.32. The van der Waals surface area contributed by atoms with Crippen LogP contribution >= 0.6 is 0 Å². The lowest BCUT2D eigenvalue weighted by Gasteiger charge is -2.12. The normalized spacial score (nSPS) is 19.4. The lowest BCUT2D eigenvalue weighted by Crippen LogP contribution is -2.22. The van der Waals surface area contributed by atoms with Crippen LogP contribution in [0.1, 0.15) is 16.8 Å². The number of esters is 1. The lowest BCUT2D eigenvalue weighted by molar-refractivity contribution is 0.0601. The van der Waals surface area contributed by atoms with Gasteiger partial charge in [0.25, 0.3) is 0 Å². The van der Waals surface area contributed by atoms with Gasteiger partial charge in [0.05, 0.1) is 12.7 Å². The molecule has 1 aromatic rings. The van der Waals surface area contributed by atoms with E-state index >= 15 is 0 Å². The summed E-state index contributed by atoms with van der Waals surface area (Å²) < 4.78 is 4.64. The number of carbonyl (C=O) groups excluding carboxylic acids is 1. The largest absolute Gasteiger partial charge is 0.465 e. The maximum Gasteiger partial charge on any atom is 0.337 e. The van der Waals surface area contributed by atoms with Gasteiger partial charge in [-0.15, -0.1) is 0 Å². The molecule has 1 aliphatic heterocycles. The van der Waals surface area contributed by atoms with Gasteiger partial charge in [-0.2, -0.15) is 0 Å². The smallest absolute Gasteiger partial charge is 0.337 e. The topological polar surface area (TPSA) is 50.4 Å². The second kappa shape index (κ2) is 4.99. The van der Waals surface area contributed by atoms with Gasteiger partial charge in [-0.3, -0.25) is 0 Å². The van der Waals surface area contributed by atoms with Crippen LogP contribution in [0, 0.1) is 0 Å². The molecule has 1 aromatic carbocycles. The van der Waals surface area contributed by atoms with Crippen LogP contribution in [0.3, 0.4) is 0 Å². The summed E-state index contributed by atoms with van der Waals surface area (Å²) in [7, 11) is 1.39. The number of benzene rings is 1. The minimum atomic E-state index is -0.297. The summed E-state index contributed by atoms with van der Waals surface area (Å²) in [6.45, 7) is 2.07. The molecule has 4 nitrogen and oxygen atoms in total. The SMILES string of the molecule is COC(=O)c1ccc(NC2CCNC2)cc1. The highest BCUT2D eigenvalue weighted by Crippen LogP contribution is 2.13. The fourth-order valence-corrected chi connectivity index (χ4v) is 1.83. The molecule has 16 heavy (non-hydrogen) atoms. The molecule has 1 atom stereocenters. The summed E-state index contributed by atoms with van der Waals surface area (Å²) in [5.41, 5.74) is 1.62. The quantitative estimate of drug-likeness (QED) is 0.753. The first-order valence-electron chi connectivity index (χ1n) is 5.45. The van der Waals surface area contributed by atoms with Crippen molar-refractivity contribution in [2.45, 2.75) is 12.5 Å². The number of ether oxygens (including phenoxy) is 1. The highest BCUT2D eigenvalue weighted by atomic mass is 16.5. The predicted octanol–water partition coefficient (Wildman–Crippen LogP) is 1.25. The van der Waals surface area contributed by atoms with Gasteiger partial charge in [0, 0.05) is 18.3 Å². The minimum Gasteiger partial charge on any atom is -0.465 e. The molecular formula is C12H16N2O2. The van der Waals surface area contributed by atoms with Crippen molar-refractivity contribution >= 4 is 11.7 Å². The van der Waals surface area contributed by atoms with Crippen LogP contribution in [-0.4, -0.2) is 32.2 Å². The molecule has 2 rings (SSSR count). The highest BCUT2D eigenvalue weighted by Gasteiger charge is 2.13. The van der Waals surface area contributed by atoms with Gasteiger partial charge in [0.2, 0.25) is 0 Å². The molecule has 0 aliphatic carbocycles. The first-order chi connectivity index (χ1) is 7.79. The average Bonchev–Trinajstić information content (AvgIpc) is 2.82. The zero-order chi connectivity index (χ0) is 11.4. The van der Waals surface area contributed by atoms with Crippen LogP contribution < -0.4 is 10.6 Å². The van der Waals surface area contributed by atoms with Crippen molar-refractivity contribution in [3.05, 3.63) is 29.8 Å². The van der Waals surface area contributed by atoms with E-state index in [9.17, 15) is 4.79 Å². The number of nitrogens with one attached hydrogen (secondary N) is 2. The molecule has 1 saturated heterocycles. The first kappa shape index (κ1) is 11.0. The molecule has 1 heterocycles. The van der Waals surface area contributed by atoms with Gasteiger partial charge in [0.15, 0.2) is 0 Å². The van der Waals surface area contributed by atoms with Crippen LogP contribution in [0.15, 0.2) is 24.3 Å². The molecule has 0 radical (unpaired) electrons. The van der Waals surface area contributed by atoms with E-state index in [4.69, 9.17) is 0 Å². The fourth-order valence-electron chi connectivity index (χ4n) is 1.83. The molecule has 0 spiro atoms. The molecule has 0 bridgehead atoms. The van der Waals surface area contributed by atoms with E-state index in [1.165, 1.54) is 7.11 Å². The third kappa shape index (κ3) is 2.52. The molecular weight excluding hydrogens is 204 g/mol. The van der Waals surface area contributed by atoms with E-state index in [2.05, 4.69) is 15.4 Å². The van der Waals surface area contributed by atoms with Gasteiger partial charge in [-0.25, -0.2) is 4.79 Å². The van der Waals surface area contributed by atoms with Crippen molar-refractivity contribution in [1.82, 2.24) is 5.32 Å². The summed E-state index contributed by atoms with van der Waals surface area (Å²) in [4.78, 5) is 11.2. The van der Waals surface area contributed by atoms with E-state index in [0.717, 1.165) is 25.2 Å². The maximum atomic E-state index is 11.2. The van der Waals surface area contributed by atoms with Crippen molar-refractivity contribution < 1.29 is 9.53 Å². The van der Waals surface area contributed by atoms with Crippen LogP contribution in [0.25, 0.3) is 0 Å². The Kier molecular flexibility index (Phi) is 3.41. The molecule has 1 unspecified atom stereocenters. The number of hydrogen-bond donors (Lipinski definition) is 2. The van der Waals surface area contributed by atoms with E-state index in [1.54, 1.807) is 12.1 Å². The van der Waals surface area contributed by atoms with Crippen molar-refractivity contribution in [2.24, 2.45) is 0 Å².